The predicted molar refractivity (Wildman–Crippen MR) is 71.2 cm³/mol. The van der Waals surface area contributed by atoms with Crippen molar-refractivity contribution in [2.75, 3.05) is 19.7 Å². The summed E-state index contributed by atoms with van der Waals surface area (Å²) in [4.78, 5) is 13.1. The summed E-state index contributed by atoms with van der Waals surface area (Å²) in [5.74, 6) is -0.797. The molecule has 0 aliphatic carbocycles. The number of morpholine rings is 1. The van der Waals surface area contributed by atoms with Crippen LogP contribution in [0.1, 0.15) is 40.5 Å². The summed E-state index contributed by atoms with van der Waals surface area (Å²) in [7, 11) is 0. The van der Waals surface area contributed by atoms with Crippen molar-refractivity contribution in [2.45, 2.75) is 63.9 Å². The lowest BCUT2D eigenvalue weighted by Crippen LogP contribution is -2.53. The SMILES string of the molecule is CC1(C)CC(N2CCOC(CC(=O)O)C2)C(C)(C)O1. The Kier molecular flexibility index (Phi) is 3.91. The summed E-state index contributed by atoms with van der Waals surface area (Å²) < 4.78 is 11.7. The van der Waals surface area contributed by atoms with Crippen LogP contribution in [0.4, 0.5) is 0 Å². The predicted octanol–water partition coefficient (Wildman–Crippen LogP) is 1.51. The van der Waals surface area contributed by atoms with Gasteiger partial charge in [0.15, 0.2) is 0 Å². The minimum atomic E-state index is -0.797. The van der Waals surface area contributed by atoms with Crippen molar-refractivity contribution in [2.24, 2.45) is 0 Å². The van der Waals surface area contributed by atoms with Gasteiger partial charge in [-0.3, -0.25) is 9.69 Å². The third-order valence-electron chi connectivity index (χ3n) is 4.04. The number of nitrogens with zero attached hydrogens (tertiary/aromatic N) is 1. The van der Waals surface area contributed by atoms with E-state index in [4.69, 9.17) is 14.6 Å². The molecular weight excluding hydrogens is 246 g/mol. The number of carbonyl (C=O) groups is 1. The lowest BCUT2D eigenvalue weighted by molar-refractivity contribution is -0.143. The maximum absolute atomic E-state index is 10.8. The minimum Gasteiger partial charge on any atom is -0.481 e. The summed E-state index contributed by atoms with van der Waals surface area (Å²) in [6, 6.07) is 0.322. The summed E-state index contributed by atoms with van der Waals surface area (Å²) in [5, 5.41) is 8.88. The van der Waals surface area contributed by atoms with Crippen LogP contribution in [0.15, 0.2) is 0 Å². The van der Waals surface area contributed by atoms with Gasteiger partial charge in [0.05, 0.1) is 30.3 Å². The molecule has 2 atom stereocenters. The van der Waals surface area contributed by atoms with E-state index in [1.54, 1.807) is 0 Å². The molecule has 2 heterocycles. The summed E-state index contributed by atoms with van der Waals surface area (Å²) in [6.07, 6.45) is 0.846. The summed E-state index contributed by atoms with van der Waals surface area (Å²) >= 11 is 0. The van der Waals surface area contributed by atoms with Crippen molar-refractivity contribution < 1.29 is 19.4 Å². The number of rotatable bonds is 3. The Morgan fingerprint density at radius 3 is 2.58 bits per heavy atom. The third kappa shape index (κ3) is 3.46. The Hall–Kier alpha value is -0.650. The molecule has 0 bridgehead atoms. The van der Waals surface area contributed by atoms with Gasteiger partial charge >= 0.3 is 5.97 Å². The Labute approximate surface area is 114 Å². The molecule has 2 aliphatic rings. The highest BCUT2D eigenvalue weighted by Gasteiger charge is 2.49. The topological polar surface area (TPSA) is 59.0 Å². The zero-order valence-corrected chi connectivity index (χ0v) is 12.3. The molecule has 2 rings (SSSR count). The van der Waals surface area contributed by atoms with Crippen LogP contribution < -0.4 is 0 Å². The summed E-state index contributed by atoms with van der Waals surface area (Å²) in [5.41, 5.74) is -0.316. The first-order valence-corrected chi connectivity index (χ1v) is 6.97. The van der Waals surface area contributed by atoms with Crippen molar-refractivity contribution in [3.05, 3.63) is 0 Å². The molecule has 2 aliphatic heterocycles. The second kappa shape index (κ2) is 5.04. The van der Waals surface area contributed by atoms with E-state index in [2.05, 4.69) is 32.6 Å². The van der Waals surface area contributed by atoms with Crippen molar-refractivity contribution in [1.82, 2.24) is 4.90 Å². The number of hydrogen-bond donors (Lipinski definition) is 1. The Bertz CT molecular complexity index is 353. The van der Waals surface area contributed by atoms with E-state index in [1.165, 1.54) is 0 Å². The van der Waals surface area contributed by atoms with Gasteiger partial charge < -0.3 is 14.6 Å². The van der Waals surface area contributed by atoms with Crippen LogP contribution in [0.25, 0.3) is 0 Å². The lowest BCUT2D eigenvalue weighted by atomic mass is 9.92. The van der Waals surface area contributed by atoms with E-state index in [0.717, 1.165) is 13.0 Å². The molecule has 110 valence electrons. The van der Waals surface area contributed by atoms with Crippen LogP contribution in [0.5, 0.6) is 0 Å². The number of carboxylic acids is 1. The zero-order valence-electron chi connectivity index (χ0n) is 12.3. The molecule has 0 saturated carbocycles. The molecule has 0 spiro atoms. The standard InChI is InChI=1S/C14H25NO4/c1-13(2)8-11(14(3,4)19-13)15-5-6-18-10(9-15)7-12(16)17/h10-11H,5-9H2,1-4H3,(H,16,17). The van der Waals surface area contributed by atoms with Crippen LogP contribution >= 0.6 is 0 Å². The maximum Gasteiger partial charge on any atom is 0.306 e. The van der Waals surface area contributed by atoms with Gasteiger partial charge in [-0.25, -0.2) is 0 Å². The van der Waals surface area contributed by atoms with E-state index < -0.39 is 5.97 Å². The zero-order chi connectivity index (χ0) is 14.3. The molecular formula is C14H25NO4. The molecule has 5 heteroatoms. The third-order valence-corrected chi connectivity index (χ3v) is 4.04. The summed E-state index contributed by atoms with van der Waals surface area (Å²) in [6.45, 7) is 10.6. The first-order chi connectivity index (χ1) is 8.70. The van der Waals surface area contributed by atoms with Crippen LogP contribution in [0.2, 0.25) is 0 Å². The Morgan fingerprint density at radius 2 is 2.05 bits per heavy atom. The monoisotopic (exact) mass is 271 g/mol. The van der Waals surface area contributed by atoms with Crippen molar-refractivity contribution in [1.29, 1.82) is 0 Å². The van der Waals surface area contributed by atoms with E-state index in [0.29, 0.717) is 19.2 Å². The molecule has 2 fully saturated rings. The highest BCUT2D eigenvalue weighted by atomic mass is 16.5. The molecule has 0 aromatic rings. The van der Waals surface area contributed by atoms with Gasteiger partial charge in [0, 0.05) is 19.1 Å². The molecule has 0 amide bonds. The molecule has 0 aromatic carbocycles. The number of hydrogen-bond acceptors (Lipinski definition) is 4. The lowest BCUT2D eigenvalue weighted by Gasteiger charge is -2.40. The van der Waals surface area contributed by atoms with Crippen LogP contribution in [-0.2, 0) is 14.3 Å². The minimum absolute atomic E-state index is 0.0773. The van der Waals surface area contributed by atoms with Gasteiger partial charge in [-0.05, 0) is 34.1 Å². The fourth-order valence-corrected chi connectivity index (χ4v) is 3.45. The fourth-order valence-electron chi connectivity index (χ4n) is 3.45. The molecule has 2 saturated heterocycles. The smallest absolute Gasteiger partial charge is 0.306 e. The second-order valence-corrected chi connectivity index (χ2v) is 6.77. The highest BCUT2D eigenvalue weighted by molar-refractivity contribution is 5.67. The molecule has 2 unspecified atom stereocenters. The molecule has 0 radical (unpaired) electrons. The first-order valence-electron chi connectivity index (χ1n) is 6.97. The van der Waals surface area contributed by atoms with E-state index in [-0.39, 0.29) is 23.7 Å². The fraction of sp³-hybridized carbons (Fsp3) is 0.929. The van der Waals surface area contributed by atoms with Gasteiger partial charge in [-0.1, -0.05) is 0 Å². The van der Waals surface area contributed by atoms with Gasteiger partial charge in [-0.15, -0.1) is 0 Å². The van der Waals surface area contributed by atoms with Crippen molar-refractivity contribution in [3.8, 4) is 0 Å². The Morgan fingerprint density at radius 1 is 1.37 bits per heavy atom. The van der Waals surface area contributed by atoms with Gasteiger partial charge in [0.2, 0.25) is 0 Å². The van der Waals surface area contributed by atoms with E-state index in [9.17, 15) is 4.79 Å². The quantitative estimate of drug-likeness (QED) is 0.843. The van der Waals surface area contributed by atoms with Gasteiger partial charge in [-0.2, -0.15) is 0 Å². The number of carboxylic acid groups (broad SMARTS) is 1. The molecule has 19 heavy (non-hydrogen) atoms. The van der Waals surface area contributed by atoms with Crippen LogP contribution in [-0.4, -0.2) is 59.0 Å². The number of aliphatic carboxylic acids is 1. The maximum atomic E-state index is 10.8. The van der Waals surface area contributed by atoms with Crippen molar-refractivity contribution >= 4 is 5.97 Å². The van der Waals surface area contributed by atoms with Gasteiger partial charge in [0.1, 0.15) is 0 Å². The largest absolute Gasteiger partial charge is 0.481 e. The van der Waals surface area contributed by atoms with Gasteiger partial charge in [0.25, 0.3) is 0 Å². The molecule has 1 N–H and O–H groups in total. The number of ether oxygens (including phenoxy) is 2. The molecule has 0 aromatic heterocycles. The molecule has 5 nitrogen and oxygen atoms in total. The average molecular weight is 271 g/mol. The van der Waals surface area contributed by atoms with Crippen LogP contribution in [0.3, 0.4) is 0 Å². The van der Waals surface area contributed by atoms with Crippen molar-refractivity contribution in [3.63, 3.8) is 0 Å². The Balaban J connectivity index is 2.03. The van der Waals surface area contributed by atoms with Crippen LogP contribution in [0, 0.1) is 0 Å². The highest BCUT2D eigenvalue weighted by Crippen LogP contribution is 2.40. The van der Waals surface area contributed by atoms with E-state index >= 15 is 0 Å². The average Bonchev–Trinajstić information content (AvgIpc) is 2.46. The first kappa shape index (κ1) is 14.8. The normalized spacial score (nSPS) is 34.3. The van der Waals surface area contributed by atoms with E-state index in [1.807, 2.05) is 0 Å². The second-order valence-electron chi connectivity index (χ2n) is 6.77.